The summed E-state index contributed by atoms with van der Waals surface area (Å²) in [4.78, 5) is 0. The van der Waals surface area contributed by atoms with Gasteiger partial charge in [-0.05, 0) is 30.4 Å². The van der Waals surface area contributed by atoms with Crippen LogP contribution in [0, 0.1) is 22.7 Å². The molecule has 0 saturated heterocycles. The lowest BCUT2D eigenvalue weighted by atomic mass is 10.0. The van der Waals surface area contributed by atoms with E-state index in [4.69, 9.17) is 5.26 Å². The molecule has 1 aliphatic carbocycles. The first kappa shape index (κ1) is 12.2. The Morgan fingerprint density at radius 2 is 2.24 bits per heavy atom. The molecule has 1 N–H and O–H groups in total. The van der Waals surface area contributed by atoms with E-state index in [1.165, 1.54) is 0 Å². The van der Waals surface area contributed by atoms with Crippen molar-refractivity contribution in [3.05, 3.63) is 24.0 Å². The highest BCUT2D eigenvalue weighted by atomic mass is 16.3. The van der Waals surface area contributed by atoms with Gasteiger partial charge in [-0.15, -0.1) is 0 Å². The van der Waals surface area contributed by atoms with Crippen LogP contribution in [0.4, 0.5) is 0 Å². The third-order valence-electron chi connectivity index (χ3n) is 3.68. The maximum Gasteiger partial charge on any atom is 0.0827 e. The van der Waals surface area contributed by atoms with E-state index >= 15 is 0 Å². The number of rotatable bonds is 5. The van der Waals surface area contributed by atoms with E-state index in [1.54, 1.807) is 0 Å². The fraction of sp³-hybridized carbons (Fsp3) is 0.643. The molecule has 1 aromatic heterocycles. The number of hydrogen-bond donors (Lipinski definition) is 1. The predicted octanol–water partition coefficient (Wildman–Crippen LogP) is 2.87. The van der Waals surface area contributed by atoms with Crippen LogP contribution in [0.15, 0.2) is 18.5 Å². The molecule has 17 heavy (non-hydrogen) atoms. The molecular weight excluding hydrogens is 212 g/mol. The third-order valence-corrected chi connectivity index (χ3v) is 3.68. The normalized spacial score (nSPS) is 19.0. The van der Waals surface area contributed by atoms with Crippen LogP contribution in [-0.4, -0.2) is 9.67 Å². The van der Waals surface area contributed by atoms with Crippen molar-refractivity contribution < 1.29 is 5.11 Å². The number of hydrogen-bond acceptors (Lipinski definition) is 2. The second-order valence-electron chi connectivity index (χ2n) is 5.64. The Balaban J connectivity index is 2.02. The first-order valence-electron chi connectivity index (χ1n) is 6.27. The number of aromatic nitrogens is 1. The van der Waals surface area contributed by atoms with Gasteiger partial charge in [-0.25, -0.2) is 0 Å². The van der Waals surface area contributed by atoms with Crippen molar-refractivity contribution in [2.45, 2.75) is 45.8 Å². The van der Waals surface area contributed by atoms with Crippen LogP contribution in [0.1, 0.15) is 44.8 Å². The van der Waals surface area contributed by atoms with Gasteiger partial charge in [0.1, 0.15) is 0 Å². The summed E-state index contributed by atoms with van der Waals surface area (Å²) in [5.41, 5.74) is 1.20. The fourth-order valence-corrected chi connectivity index (χ4v) is 2.24. The minimum Gasteiger partial charge on any atom is -0.388 e. The molecule has 92 valence electrons. The maximum atomic E-state index is 9.96. The van der Waals surface area contributed by atoms with E-state index in [-0.39, 0.29) is 17.4 Å². The van der Waals surface area contributed by atoms with E-state index in [0.29, 0.717) is 6.42 Å². The van der Waals surface area contributed by atoms with Crippen LogP contribution in [0.2, 0.25) is 0 Å². The molecule has 3 heteroatoms. The molecule has 0 radical (unpaired) electrons. The molecule has 0 aliphatic heterocycles. The van der Waals surface area contributed by atoms with Crippen molar-refractivity contribution in [2.75, 3.05) is 0 Å². The molecule has 1 saturated carbocycles. The molecule has 1 heterocycles. The Bertz CT molecular complexity index is 424. The average Bonchev–Trinajstić information content (AvgIpc) is 2.87. The summed E-state index contributed by atoms with van der Waals surface area (Å²) in [6.07, 6.45) is 6.59. The van der Waals surface area contributed by atoms with Crippen LogP contribution in [0.3, 0.4) is 0 Å². The van der Waals surface area contributed by atoms with Crippen molar-refractivity contribution in [1.29, 1.82) is 5.26 Å². The summed E-state index contributed by atoms with van der Waals surface area (Å²) >= 11 is 0. The molecule has 1 aliphatic rings. The molecule has 1 aromatic rings. The van der Waals surface area contributed by atoms with Crippen molar-refractivity contribution in [3.63, 3.8) is 0 Å². The Labute approximate surface area is 103 Å². The van der Waals surface area contributed by atoms with Crippen molar-refractivity contribution in [1.82, 2.24) is 4.57 Å². The van der Waals surface area contributed by atoms with E-state index < -0.39 is 0 Å². The SMILES string of the molecule is CC(C)C(O)c1ccn(CC2(CC#N)CC2)c1. The minimum absolute atomic E-state index is 0.216. The lowest BCUT2D eigenvalue weighted by molar-refractivity contribution is 0.127. The van der Waals surface area contributed by atoms with Gasteiger partial charge in [0.2, 0.25) is 0 Å². The zero-order chi connectivity index (χ0) is 12.5. The van der Waals surface area contributed by atoms with Gasteiger partial charge in [-0.3, -0.25) is 0 Å². The van der Waals surface area contributed by atoms with Gasteiger partial charge in [0.05, 0.1) is 12.2 Å². The highest BCUT2D eigenvalue weighted by molar-refractivity contribution is 5.15. The molecule has 0 aromatic carbocycles. The van der Waals surface area contributed by atoms with E-state index in [9.17, 15) is 5.11 Å². The fourth-order valence-electron chi connectivity index (χ4n) is 2.24. The van der Waals surface area contributed by atoms with Crippen molar-refractivity contribution in [3.8, 4) is 6.07 Å². The van der Waals surface area contributed by atoms with Crippen LogP contribution in [0.5, 0.6) is 0 Å². The van der Waals surface area contributed by atoms with Gasteiger partial charge >= 0.3 is 0 Å². The summed E-state index contributed by atoms with van der Waals surface area (Å²) in [7, 11) is 0. The van der Waals surface area contributed by atoms with Crippen LogP contribution >= 0.6 is 0 Å². The summed E-state index contributed by atoms with van der Waals surface area (Å²) in [6, 6.07) is 4.26. The first-order chi connectivity index (χ1) is 8.06. The van der Waals surface area contributed by atoms with Gasteiger partial charge < -0.3 is 9.67 Å². The Hall–Kier alpha value is -1.27. The zero-order valence-corrected chi connectivity index (χ0v) is 10.6. The maximum absolute atomic E-state index is 9.96. The lowest BCUT2D eigenvalue weighted by Gasteiger charge is -2.14. The molecule has 1 unspecified atom stereocenters. The van der Waals surface area contributed by atoms with E-state index in [1.807, 2.05) is 32.3 Å². The van der Waals surface area contributed by atoms with Gasteiger partial charge in [0.25, 0.3) is 0 Å². The zero-order valence-electron chi connectivity index (χ0n) is 10.6. The number of aliphatic hydroxyl groups excluding tert-OH is 1. The molecule has 3 nitrogen and oxygen atoms in total. The highest BCUT2D eigenvalue weighted by Crippen LogP contribution is 2.50. The second kappa shape index (κ2) is 4.54. The molecule has 1 atom stereocenters. The lowest BCUT2D eigenvalue weighted by Crippen LogP contribution is -2.10. The third kappa shape index (κ3) is 2.70. The quantitative estimate of drug-likeness (QED) is 0.848. The van der Waals surface area contributed by atoms with Crippen LogP contribution < -0.4 is 0 Å². The molecule has 1 fully saturated rings. The number of nitrogens with zero attached hydrogens (tertiary/aromatic N) is 2. The van der Waals surface area contributed by atoms with Crippen LogP contribution in [-0.2, 0) is 6.54 Å². The Kier molecular flexibility index (Phi) is 3.26. The molecule has 0 amide bonds. The van der Waals surface area contributed by atoms with Crippen molar-refractivity contribution in [2.24, 2.45) is 11.3 Å². The standard InChI is InChI=1S/C14H20N2O/c1-11(2)13(17)12-3-8-16(9-12)10-14(4-5-14)6-7-15/h3,8-9,11,13,17H,4-6,10H2,1-2H3. The van der Waals surface area contributed by atoms with Gasteiger partial charge in [-0.2, -0.15) is 5.26 Å². The topological polar surface area (TPSA) is 49.0 Å². The smallest absolute Gasteiger partial charge is 0.0827 e. The largest absolute Gasteiger partial charge is 0.388 e. The average molecular weight is 232 g/mol. The van der Waals surface area contributed by atoms with E-state index in [0.717, 1.165) is 24.9 Å². The van der Waals surface area contributed by atoms with Crippen molar-refractivity contribution >= 4 is 0 Å². The van der Waals surface area contributed by atoms with E-state index in [2.05, 4.69) is 10.6 Å². The monoisotopic (exact) mass is 232 g/mol. The number of nitriles is 1. The Morgan fingerprint density at radius 1 is 1.53 bits per heavy atom. The van der Waals surface area contributed by atoms with Crippen LogP contribution in [0.25, 0.3) is 0 Å². The molecule has 2 rings (SSSR count). The molecular formula is C14H20N2O. The Morgan fingerprint density at radius 3 is 2.76 bits per heavy atom. The number of aliphatic hydroxyl groups is 1. The minimum atomic E-state index is -0.387. The molecule has 0 bridgehead atoms. The summed E-state index contributed by atoms with van der Waals surface area (Å²) in [5.74, 6) is 0.236. The van der Waals surface area contributed by atoms with Gasteiger partial charge in [-0.1, -0.05) is 13.8 Å². The first-order valence-corrected chi connectivity index (χ1v) is 6.27. The summed E-state index contributed by atoms with van der Waals surface area (Å²) in [6.45, 7) is 4.94. The molecule has 0 spiro atoms. The van der Waals surface area contributed by atoms with Gasteiger partial charge in [0, 0.05) is 30.8 Å². The predicted molar refractivity (Wildman–Crippen MR) is 66.1 cm³/mol. The summed E-state index contributed by atoms with van der Waals surface area (Å²) < 4.78 is 2.12. The highest BCUT2D eigenvalue weighted by Gasteiger charge is 2.42. The van der Waals surface area contributed by atoms with Gasteiger partial charge in [0.15, 0.2) is 0 Å². The summed E-state index contributed by atoms with van der Waals surface area (Å²) in [5, 5.41) is 18.7. The second-order valence-corrected chi connectivity index (χ2v) is 5.64.